The summed E-state index contributed by atoms with van der Waals surface area (Å²) in [5.74, 6) is 0.400. The predicted octanol–water partition coefficient (Wildman–Crippen LogP) is 3.08. The number of amides is 4. The first-order chi connectivity index (χ1) is 13.9. The number of hydrogen-bond donors (Lipinski definition) is 0. The molecular formula is C22H28N4O3. The van der Waals surface area contributed by atoms with Gasteiger partial charge in [-0.25, -0.2) is 9.69 Å². The summed E-state index contributed by atoms with van der Waals surface area (Å²) in [5, 5.41) is 0.911. The van der Waals surface area contributed by atoms with E-state index >= 15 is 0 Å². The number of piperidine rings is 1. The quantitative estimate of drug-likeness (QED) is 0.730. The highest BCUT2D eigenvalue weighted by Gasteiger charge is 2.47. The number of nitrogens with zero attached hydrogens (tertiary/aromatic N) is 4. The van der Waals surface area contributed by atoms with Crippen molar-refractivity contribution in [2.24, 2.45) is 5.92 Å². The smallest absolute Gasteiger partial charge is 0.332 e. The number of imide groups is 1. The molecule has 4 amide bonds. The number of carbonyl (C=O) groups is 3. The zero-order valence-corrected chi connectivity index (χ0v) is 17.3. The van der Waals surface area contributed by atoms with E-state index in [1.54, 1.807) is 15.9 Å². The zero-order chi connectivity index (χ0) is 20.7. The molecule has 2 aliphatic heterocycles. The number of benzene rings is 1. The lowest BCUT2D eigenvalue weighted by Crippen LogP contribution is -2.41. The number of hydrogen-bond acceptors (Lipinski definition) is 3. The van der Waals surface area contributed by atoms with Gasteiger partial charge in [0.2, 0.25) is 5.91 Å². The Balaban J connectivity index is 1.60. The Morgan fingerprint density at radius 1 is 1.17 bits per heavy atom. The third-order valence-electron chi connectivity index (χ3n) is 6.24. The monoisotopic (exact) mass is 396 g/mol. The van der Waals surface area contributed by atoms with E-state index in [1.807, 2.05) is 42.8 Å². The molecule has 2 aromatic rings. The van der Waals surface area contributed by atoms with Gasteiger partial charge in [0.25, 0.3) is 5.91 Å². The third kappa shape index (κ3) is 3.28. The lowest BCUT2D eigenvalue weighted by molar-refractivity contribution is -0.131. The number of carbonyl (C=O) groups excluding carboxylic acids is 3. The Kier molecular flexibility index (Phi) is 5.06. The van der Waals surface area contributed by atoms with Crippen molar-refractivity contribution in [3.05, 3.63) is 30.5 Å². The molecule has 2 atom stereocenters. The Labute approximate surface area is 170 Å². The number of likely N-dealkylation sites (N-methyl/N-ethyl adjacent to an activating group) is 1. The molecule has 154 valence electrons. The summed E-state index contributed by atoms with van der Waals surface area (Å²) in [6.45, 7) is 8.37. The highest BCUT2D eigenvalue weighted by atomic mass is 16.2. The fourth-order valence-electron chi connectivity index (χ4n) is 4.50. The van der Waals surface area contributed by atoms with Gasteiger partial charge in [0, 0.05) is 36.7 Å². The number of rotatable bonds is 5. The van der Waals surface area contributed by atoms with Gasteiger partial charge in [-0.3, -0.25) is 9.59 Å². The summed E-state index contributed by atoms with van der Waals surface area (Å²) >= 11 is 0. The average Bonchev–Trinajstić information content (AvgIpc) is 3.21. The van der Waals surface area contributed by atoms with Gasteiger partial charge < -0.3 is 14.4 Å². The maximum Gasteiger partial charge on any atom is 0.332 e. The lowest BCUT2D eigenvalue weighted by Gasteiger charge is -2.30. The maximum absolute atomic E-state index is 12.9. The predicted molar refractivity (Wildman–Crippen MR) is 112 cm³/mol. The van der Waals surface area contributed by atoms with Gasteiger partial charge in [-0.15, -0.1) is 0 Å². The molecule has 0 aliphatic carbocycles. The minimum atomic E-state index is -0.335. The van der Waals surface area contributed by atoms with Gasteiger partial charge in [0.15, 0.2) is 0 Å². The minimum Gasteiger partial charge on any atom is -0.342 e. The topological polar surface area (TPSA) is 65.9 Å². The van der Waals surface area contributed by atoms with Crippen molar-refractivity contribution in [3.8, 4) is 0 Å². The molecule has 1 aromatic heterocycles. The first-order valence-corrected chi connectivity index (χ1v) is 10.5. The SMILES string of the molecule is CCN(CC)C(=O)Cn1ccc2cc(N3C(=O)[C@H]4C[C@@H](C)CCN4C3=O)ccc21. The van der Waals surface area contributed by atoms with Gasteiger partial charge in [-0.1, -0.05) is 6.92 Å². The van der Waals surface area contributed by atoms with E-state index < -0.39 is 0 Å². The molecule has 0 N–H and O–H groups in total. The summed E-state index contributed by atoms with van der Waals surface area (Å²) in [5.41, 5.74) is 1.52. The van der Waals surface area contributed by atoms with E-state index in [-0.39, 0.29) is 30.4 Å². The van der Waals surface area contributed by atoms with Gasteiger partial charge in [0.1, 0.15) is 12.6 Å². The fourth-order valence-corrected chi connectivity index (χ4v) is 4.50. The summed E-state index contributed by atoms with van der Waals surface area (Å²) in [6.07, 6.45) is 3.55. The third-order valence-corrected chi connectivity index (χ3v) is 6.24. The molecular weight excluding hydrogens is 368 g/mol. The molecule has 4 rings (SSSR count). The van der Waals surface area contributed by atoms with Crippen molar-refractivity contribution < 1.29 is 14.4 Å². The van der Waals surface area contributed by atoms with Crippen LogP contribution in [0.15, 0.2) is 30.5 Å². The van der Waals surface area contributed by atoms with Crippen LogP contribution in [0.3, 0.4) is 0 Å². The Hall–Kier alpha value is -2.83. The van der Waals surface area contributed by atoms with E-state index in [0.717, 1.165) is 23.7 Å². The van der Waals surface area contributed by atoms with Crippen molar-refractivity contribution >= 4 is 34.4 Å². The van der Waals surface area contributed by atoms with Crippen molar-refractivity contribution in [1.29, 1.82) is 0 Å². The van der Waals surface area contributed by atoms with Crippen LogP contribution in [-0.4, -0.2) is 57.9 Å². The molecule has 0 radical (unpaired) electrons. The van der Waals surface area contributed by atoms with Gasteiger partial charge in [-0.05, 0) is 56.9 Å². The first-order valence-electron chi connectivity index (χ1n) is 10.5. The molecule has 0 unspecified atom stereocenters. The van der Waals surface area contributed by atoms with Gasteiger partial charge >= 0.3 is 6.03 Å². The van der Waals surface area contributed by atoms with Crippen LogP contribution in [0.2, 0.25) is 0 Å². The molecule has 3 heterocycles. The van der Waals surface area contributed by atoms with Crippen LogP contribution in [-0.2, 0) is 16.1 Å². The molecule has 1 aromatic carbocycles. The lowest BCUT2D eigenvalue weighted by atomic mass is 9.93. The first kappa shape index (κ1) is 19.5. The Bertz CT molecular complexity index is 962. The summed E-state index contributed by atoms with van der Waals surface area (Å²) in [4.78, 5) is 43.1. The summed E-state index contributed by atoms with van der Waals surface area (Å²) < 4.78 is 1.92. The number of anilines is 1. The highest BCUT2D eigenvalue weighted by Crippen LogP contribution is 2.34. The fraction of sp³-hybridized carbons (Fsp3) is 0.500. The van der Waals surface area contributed by atoms with Crippen LogP contribution in [0.25, 0.3) is 10.9 Å². The van der Waals surface area contributed by atoms with Crippen molar-refractivity contribution in [1.82, 2.24) is 14.4 Å². The second-order valence-electron chi connectivity index (χ2n) is 8.05. The van der Waals surface area contributed by atoms with Crippen LogP contribution in [0, 0.1) is 5.92 Å². The van der Waals surface area contributed by atoms with E-state index in [9.17, 15) is 14.4 Å². The van der Waals surface area contributed by atoms with Crippen molar-refractivity contribution in [3.63, 3.8) is 0 Å². The van der Waals surface area contributed by atoms with Crippen LogP contribution in [0.5, 0.6) is 0 Å². The number of urea groups is 1. The van der Waals surface area contributed by atoms with Crippen LogP contribution >= 0.6 is 0 Å². The van der Waals surface area contributed by atoms with Gasteiger partial charge in [-0.2, -0.15) is 0 Å². The maximum atomic E-state index is 12.9. The second-order valence-corrected chi connectivity index (χ2v) is 8.05. The molecule has 2 aliphatic rings. The normalized spacial score (nSPS) is 21.8. The van der Waals surface area contributed by atoms with Gasteiger partial charge in [0.05, 0.1) is 5.69 Å². The van der Waals surface area contributed by atoms with Crippen LogP contribution in [0.1, 0.15) is 33.6 Å². The van der Waals surface area contributed by atoms with Crippen LogP contribution in [0.4, 0.5) is 10.5 Å². The van der Waals surface area contributed by atoms with Crippen LogP contribution < -0.4 is 4.90 Å². The number of fused-ring (bicyclic) bond motifs is 2. The molecule has 29 heavy (non-hydrogen) atoms. The molecule has 7 heteroatoms. The zero-order valence-electron chi connectivity index (χ0n) is 17.3. The molecule has 2 fully saturated rings. The minimum absolute atomic E-state index is 0.0764. The van der Waals surface area contributed by atoms with Crippen molar-refractivity contribution in [2.75, 3.05) is 24.5 Å². The van der Waals surface area contributed by atoms with E-state index in [4.69, 9.17) is 0 Å². The molecule has 0 spiro atoms. The molecule has 0 saturated carbocycles. The van der Waals surface area contributed by atoms with E-state index in [1.165, 1.54) is 4.90 Å². The summed E-state index contributed by atoms with van der Waals surface area (Å²) in [6, 6.07) is 6.93. The van der Waals surface area contributed by atoms with E-state index in [2.05, 4.69) is 6.92 Å². The average molecular weight is 396 g/mol. The highest BCUT2D eigenvalue weighted by molar-refractivity contribution is 6.21. The van der Waals surface area contributed by atoms with E-state index in [0.29, 0.717) is 31.2 Å². The standard InChI is InChI=1S/C22H28N4O3/c1-4-23(5-2)20(27)14-24-10-9-16-13-17(6-7-18(16)24)26-21(28)19-12-15(3)8-11-25(19)22(26)29/h6-7,9-10,13,15,19H,4-5,8,11-12,14H2,1-3H3/t15-,19+/m0/s1. The second kappa shape index (κ2) is 7.54. The number of aromatic nitrogens is 1. The van der Waals surface area contributed by atoms with Crippen molar-refractivity contribution in [2.45, 2.75) is 46.2 Å². The molecule has 0 bridgehead atoms. The summed E-state index contributed by atoms with van der Waals surface area (Å²) in [7, 11) is 0. The molecule has 7 nitrogen and oxygen atoms in total. The molecule has 2 saturated heterocycles. The Morgan fingerprint density at radius 2 is 1.93 bits per heavy atom. The largest absolute Gasteiger partial charge is 0.342 e. The Morgan fingerprint density at radius 3 is 2.66 bits per heavy atom.